The average molecular weight is 665 g/mol. The molecular formula is C39H40N2O8. The van der Waals surface area contributed by atoms with E-state index < -0.39 is 53.1 Å². The summed E-state index contributed by atoms with van der Waals surface area (Å²) in [5.74, 6) is -5.98. The maximum absolute atomic E-state index is 14.5. The van der Waals surface area contributed by atoms with Crippen LogP contribution >= 0.6 is 0 Å². The first-order valence-electron chi connectivity index (χ1n) is 16.1. The Morgan fingerprint density at radius 3 is 1.51 bits per heavy atom. The third-order valence-corrected chi connectivity index (χ3v) is 9.02. The maximum Gasteiger partial charge on any atom is 0.346 e. The molecule has 254 valence electrons. The summed E-state index contributed by atoms with van der Waals surface area (Å²) in [4.78, 5) is 56.4. The van der Waals surface area contributed by atoms with Gasteiger partial charge >= 0.3 is 5.97 Å². The molecule has 0 fully saturated rings. The fourth-order valence-corrected chi connectivity index (χ4v) is 6.71. The molecule has 0 aromatic heterocycles. The van der Waals surface area contributed by atoms with Crippen LogP contribution in [0.2, 0.25) is 0 Å². The lowest BCUT2D eigenvalue weighted by Crippen LogP contribution is -2.72. The smallest absolute Gasteiger partial charge is 0.346 e. The van der Waals surface area contributed by atoms with Crippen LogP contribution in [0.25, 0.3) is 0 Å². The Hall–Kier alpha value is -5.00. The number of amides is 2. The number of carboxylic acid groups (broad SMARTS) is 1. The summed E-state index contributed by atoms with van der Waals surface area (Å²) in [5, 5.41) is 11.0. The number of ketones is 1. The van der Waals surface area contributed by atoms with Gasteiger partial charge in [-0.05, 0) is 35.2 Å². The van der Waals surface area contributed by atoms with Gasteiger partial charge in [-0.1, -0.05) is 110 Å². The Balaban J connectivity index is 1.81. The highest BCUT2D eigenvalue weighted by molar-refractivity contribution is 6.23. The molecule has 2 amide bonds. The summed E-state index contributed by atoms with van der Waals surface area (Å²) < 4.78 is 18.5. The minimum Gasteiger partial charge on any atom is -0.478 e. The molecule has 5 rings (SSSR count). The molecule has 1 aliphatic rings. The largest absolute Gasteiger partial charge is 0.478 e. The van der Waals surface area contributed by atoms with Crippen molar-refractivity contribution in [3.05, 3.63) is 143 Å². The zero-order chi connectivity index (χ0) is 35.2. The lowest BCUT2D eigenvalue weighted by Gasteiger charge is -2.46. The van der Waals surface area contributed by atoms with E-state index in [0.29, 0.717) is 28.0 Å². The molecule has 10 heteroatoms. The number of ether oxygens (including phenoxy) is 3. The highest BCUT2D eigenvalue weighted by Crippen LogP contribution is 2.45. The highest BCUT2D eigenvalue weighted by Gasteiger charge is 2.61. The minimum atomic E-state index is -2.88. The maximum atomic E-state index is 14.5. The van der Waals surface area contributed by atoms with E-state index in [2.05, 4.69) is 0 Å². The number of nitrogens with zero attached hydrogens (tertiary/aromatic N) is 1. The summed E-state index contributed by atoms with van der Waals surface area (Å²) in [6.07, 6.45) is -2.38. The Morgan fingerprint density at radius 1 is 0.735 bits per heavy atom. The van der Waals surface area contributed by atoms with Gasteiger partial charge in [0, 0.05) is 27.1 Å². The van der Waals surface area contributed by atoms with Crippen LogP contribution in [0.3, 0.4) is 0 Å². The molecular weight excluding hydrogens is 624 g/mol. The van der Waals surface area contributed by atoms with E-state index in [1.165, 1.54) is 26.4 Å². The number of nitrogens with two attached hydrogens (primary N) is 1. The monoisotopic (exact) mass is 664 g/mol. The van der Waals surface area contributed by atoms with Crippen molar-refractivity contribution in [2.24, 2.45) is 11.7 Å². The van der Waals surface area contributed by atoms with Gasteiger partial charge in [-0.15, -0.1) is 0 Å². The average Bonchev–Trinajstić information content (AvgIpc) is 3.39. The first-order chi connectivity index (χ1) is 23.6. The first-order valence-corrected chi connectivity index (χ1v) is 16.1. The number of rotatable bonds is 16. The lowest BCUT2D eigenvalue weighted by atomic mass is 9.77. The number of imide groups is 1. The van der Waals surface area contributed by atoms with Gasteiger partial charge in [0.2, 0.25) is 5.66 Å². The molecule has 0 bridgehead atoms. The van der Waals surface area contributed by atoms with Crippen molar-refractivity contribution in [1.29, 1.82) is 0 Å². The molecule has 49 heavy (non-hydrogen) atoms. The topological polar surface area (TPSA) is 145 Å². The molecule has 0 saturated heterocycles. The van der Waals surface area contributed by atoms with Gasteiger partial charge < -0.3 is 19.3 Å². The van der Waals surface area contributed by atoms with Crippen molar-refractivity contribution in [3.8, 4) is 0 Å². The molecule has 1 aliphatic heterocycles. The van der Waals surface area contributed by atoms with E-state index in [-0.39, 0.29) is 24.0 Å². The second kappa shape index (κ2) is 15.0. The first kappa shape index (κ1) is 35.3. The molecule has 3 unspecified atom stereocenters. The Kier molecular flexibility index (Phi) is 10.8. The molecule has 1 heterocycles. The van der Waals surface area contributed by atoms with E-state index in [9.17, 15) is 24.3 Å². The van der Waals surface area contributed by atoms with Gasteiger partial charge in [-0.25, -0.2) is 9.69 Å². The van der Waals surface area contributed by atoms with Crippen LogP contribution in [0, 0.1) is 5.92 Å². The number of hydrogen-bond donors (Lipinski definition) is 2. The van der Waals surface area contributed by atoms with Gasteiger partial charge in [0.25, 0.3) is 11.8 Å². The zero-order valence-corrected chi connectivity index (χ0v) is 27.7. The van der Waals surface area contributed by atoms with Crippen molar-refractivity contribution >= 4 is 23.6 Å². The second-order valence-electron chi connectivity index (χ2n) is 11.9. The Labute approximate surface area is 285 Å². The standard InChI is InChI=1S/C39H40N2O8/c1-4-16-31(42)34(39(40,37(45)46)41-35(43)29-23-14-15-24-30(29)36(41)44)32(25-33(47-2)48-3)49-38(26-17-8-5-9-18-26,27-19-10-6-11-20-27)28-21-12-7-13-22-28/h5-15,17-24,32-34H,4,16,25,40H2,1-3H3,(H,45,46). The van der Waals surface area contributed by atoms with Gasteiger partial charge in [-0.3, -0.25) is 20.1 Å². The number of hydrogen-bond acceptors (Lipinski definition) is 8. The molecule has 0 radical (unpaired) electrons. The molecule has 4 aromatic rings. The predicted octanol–water partition coefficient (Wildman–Crippen LogP) is 5.39. The van der Waals surface area contributed by atoms with Crippen molar-refractivity contribution in [2.75, 3.05) is 14.2 Å². The van der Waals surface area contributed by atoms with E-state index in [1.54, 1.807) is 19.1 Å². The summed E-state index contributed by atoms with van der Waals surface area (Å²) in [7, 11) is 2.81. The second-order valence-corrected chi connectivity index (χ2v) is 11.9. The fourth-order valence-electron chi connectivity index (χ4n) is 6.71. The number of methoxy groups -OCH3 is 2. The highest BCUT2D eigenvalue weighted by atomic mass is 16.7. The van der Waals surface area contributed by atoms with E-state index in [4.69, 9.17) is 19.9 Å². The van der Waals surface area contributed by atoms with Gasteiger partial charge in [0.05, 0.1) is 23.1 Å². The molecule has 0 aliphatic carbocycles. The molecule has 0 saturated carbocycles. The van der Waals surface area contributed by atoms with Crippen LogP contribution < -0.4 is 5.73 Å². The van der Waals surface area contributed by atoms with Crippen LogP contribution in [0.4, 0.5) is 0 Å². The van der Waals surface area contributed by atoms with Crippen LogP contribution in [-0.4, -0.2) is 65.8 Å². The minimum absolute atomic E-state index is 0.0124. The van der Waals surface area contributed by atoms with E-state index >= 15 is 0 Å². The van der Waals surface area contributed by atoms with Gasteiger partial charge in [0.1, 0.15) is 11.4 Å². The quantitative estimate of drug-likeness (QED) is 0.0914. The van der Waals surface area contributed by atoms with E-state index in [0.717, 1.165) is 0 Å². The van der Waals surface area contributed by atoms with Gasteiger partial charge in [-0.2, -0.15) is 0 Å². The molecule has 0 spiro atoms. The van der Waals surface area contributed by atoms with Crippen molar-refractivity contribution in [1.82, 2.24) is 4.90 Å². The number of fused-ring (bicyclic) bond motifs is 1. The Morgan fingerprint density at radius 2 is 1.14 bits per heavy atom. The lowest BCUT2D eigenvalue weighted by molar-refractivity contribution is -0.182. The number of Topliss-reactive ketones (excluding diaryl/α,β-unsaturated/α-hetero) is 1. The third-order valence-electron chi connectivity index (χ3n) is 9.02. The van der Waals surface area contributed by atoms with Gasteiger partial charge in [0.15, 0.2) is 6.29 Å². The Bertz CT molecular complexity index is 1650. The number of carboxylic acids is 1. The van der Waals surface area contributed by atoms with Crippen molar-refractivity contribution < 1.29 is 38.5 Å². The molecule has 10 nitrogen and oxygen atoms in total. The summed E-state index contributed by atoms with van der Waals surface area (Å²) >= 11 is 0. The normalized spacial score (nSPS) is 15.5. The number of benzene rings is 4. The van der Waals surface area contributed by atoms with Crippen molar-refractivity contribution in [3.63, 3.8) is 0 Å². The van der Waals surface area contributed by atoms with Crippen LogP contribution in [0.15, 0.2) is 115 Å². The molecule has 4 aromatic carbocycles. The number of carbonyl (C=O) groups excluding carboxylic acids is 3. The zero-order valence-electron chi connectivity index (χ0n) is 27.7. The van der Waals surface area contributed by atoms with Crippen LogP contribution in [0.1, 0.15) is 63.6 Å². The van der Waals surface area contributed by atoms with Crippen LogP contribution in [-0.2, 0) is 29.4 Å². The summed E-state index contributed by atoms with van der Waals surface area (Å²) in [6, 6.07) is 33.9. The molecule has 3 atom stereocenters. The summed E-state index contributed by atoms with van der Waals surface area (Å²) in [5.41, 5.74) is 4.53. The van der Waals surface area contributed by atoms with Crippen molar-refractivity contribution in [2.45, 2.75) is 49.8 Å². The molecule has 3 N–H and O–H groups in total. The number of aliphatic carboxylic acids is 1. The fraction of sp³-hybridized carbons (Fsp3) is 0.282. The SMILES string of the molecule is CCCC(=O)C(C(CC(OC)OC)OC(c1ccccc1)(c1ccccc1)c1ccccc1)C(N)(C(=O)O)N1C(=O)c2ccccc2C1=O. The van der Waals surface area contributed by atoms with E-state index in [1.807, 2.05) is 91.0 Å². The predicted molar refractivity (Wildman–Crippen MR) is 181 cm³/mol. The third kappa shape index (κ3) is 6.43. The van der Waals surface area contributed by atoms with Crippen LogP contribution in [0.5, 0.6) is 0 Å². The number of carbonyl (C=O) groups is 4. The summed E-state index contributed by atoms with van der Waals surface area (Å²) in [6.45, 7) is 1.76.